The van der Waals surface area contributed by atoms with Crippen molar-refractivity contribution in [2.75, 3.05) is 0 Å². The van der Waals surface area contributed by atoms with Gasteiger partial charge < -0.3 is 9.50 Å². The first-order valence-electron chi connectivity index (χ1n) is 8.78. The van der Waals surface area contributed by atoms with Crippen LogP contribution in [0.3, 0.4) is 0 Å². The number of carbonyl (C=O) groups is 1. The fourth-order valence-corrected chi connectivity index (χ4v) is 5.81. The molecule has 1 atom stereocenters. The van der Waals surface area contributed by atoms with E-state index in [4.69, 9.17) is 4.18 Å². The predicted molar refractivity (Wildman–Crippen MR) is 126 cm³/mol. The lowest BCUT2D eigenvalue weighted by Gasteiger charge is -2.11. The van der Waals surface area contributed by atoms with Gasteiger partial charge in [0.25, 0.3) is 0 Å². The van der Waals surface area contributed by atoms with E-state index in [0.29, 0.717) is 26.1 Å². The Kier molecular flexibility index (Phi) is 7.38. The Morgan fingerprint density at radius 2 is 2.00 bits per heavy atom. The molecule has 11 heteroatoms. The maximum Gasteiger partial charge on any atom is 0.340 e. The van der Waals surface area contributed by atoms with Gasteiger partial charge in [0, 0.05) is 14.5 Å². The summed E-state index contributed by atoms with van der Waals surface area (Å²) >= 11 is 7.82. The van der Waals surface area contributed by atoms with Crippen LogP contribution in [0.15, 0.2) is 60.4 Å². The molecule has 0 radical (unpaired) electrons. The minimum atomic E-state index is -4.10. The average molecular weight is 575 g/mol. The first kappa shape index (κ1) is 23.0. The molecule has 1 fully saturated rings. The summed E-state index contributed by atoms with van der Waals surface area (Å²) in [6, 6.07) is 9.83. The second-order valence-corrected chi connectivity index (χ2v) is 10.8. The molecule has 0 spiro atoms. The lowest BCUT2D eigenvalue weighted by Crippen LogP contribution is -2.24. The van der Waals surface area contributed by atoms with Crippen molar-refractivity contribution in [3.05, 3.63) is 56.5 Å². The zero-order chi connectivity index (χ0) is 21.9. The molecule has 0 saturated carbocycles. The van der Waals surface area contributed by atoms with Gasteiger partial charge in [-0.25, -0.2) is 0 Å². The van der Waals surface area contributed by atoms with Crippen LogP contribution in [0, 0.1) is 6.92 Å². The van der Waals surface area contributed by atoms with Crippen LogP contribution in [0.25, 0.3) is 0 Å². The molecule has 1 saturated heterocycles. The highest BCUT2D eigenvalue weighted by Crippen LogP contribution is 2.30. The number of hydrogen-bond donors (Lipinski definition) is 1. The SMILES string of the molecule is CC[C@H]1S/C(=N\N=C/c2cc(C)ccc2OS(=O)(=O)c2cc(Br)ccc2Br)NC1=O. The van der Waals surface area contributed by atoms with Gasteiger partial charge in [-0.15, -0.1) is 5.10 Å². The topological polar surface area (TPSA) is 97.2 Å². The van der Waals surface area contributed by atoms with E-state index in [-0.39, 0.29) is 21.8 Å². The maximum absolute atomic E-state index is 12.8. The summed E-state index contributed by atoms with van der Waals surface area (Å²) in [5, 5.41) is 10.9. The van der Waals surface area contributed by atoms with Gasteiger partial charge in [-0.1, -0.05) is 46.2 Å². The Labute approximate surface area is 195 Å². The summed E-state index contributed by atoms with van der Waals surface area (Å²) in [6.45, 7) is 3.79. The molecular weight excluding hydrogens is 558 g/mol. The van der Waals surface area contributed by atoms with E-state index in [1.54, 1.807) is 30.3 Å². The lowest BCUT2D eigenvalue weighted by atomic mass is 10.1. The number of amidine groups is 1. The van der Waals surface area contributed by atoms with Gasteiger partial charge in [-0.05, 0) is 59.6 Å². The molecule has 1 N–H and O–H groups in total. The molecule has 1 aliphatic heterocycles. The summed E-state index contributed by atoms with van der Waals surface area (Å²) in [5.41, 5.74) is 1.34. The van der Waals surface area contributed by atoms with E-state index in [1.165, 1.54) is 24.0 Å². The minimum Gasteiger partial charge on any atom is -0.378 e. The fraction of sp³-hybridized carbons (Fsp3) is 0.211. The molecule has 1 heterocycles. The highest BCUT2D eigenvalue weighted by molar-refractivity contribution is 9.11. The van der Waals surface area contributed by atoms with Gasteiger partial charge in [0.1, 0.15) is 4.90 Å². The van der Waals surface area contributed by atoms with E-state index in [1.807, 2.05) is 13.8 Å². The Morgan fingerprint density at radius 3 is 2.70 bits per heavy atom. The molecule has 0 aromatic heterocycles. The zero-order valence-electron chi connectivity index (χ0n) is 15.9. The molecule has 2 aromatic rings. The second-order valence-electron chi connectivity index (χ2n) is 6.31. The Balaban J connectivity index is 1.87. The van der Waals surface area contributed by atoms with Crippen molar-refractivity contribution in [3.63, 3.8) is 0 Å². The lowest BCUT2D eigenvalue weighted by molar-refractivity contribution is -0.118. The van der Waals surface area contributed by atoms with Crippen LogP contribution in [0.5, 0.6) is 5.75 Å². The summed E-state index contributed by atoms with van der Waals surface area (Å²) in [5.74, 6) is 0.0210. The van der Waals surface area contributed by atoms with Crippen molar-refractivity contribution in [1.29, 1.82) is 0 Å². The number of halogens is 2. The van der Waals surface area contributed by atoms with Crippen molar-refractivity contribution in [2.45, 2.75) is 30.4 Å². The molecule has 2 aromatic carbocycles. The number of nitrogens with one attached hydrogen (secondary N) is 1. The Morgan fingerprint density at radius 1 is 1.23 bits per heavy atom. The number of aryl methyl sites for hydroxylation is 1. The third-order valence-corrected chi connectivity index (χ3v) is 7.98. The van der Waals surface area contributed by atoms with E-state index in [0.717, 1.165) is 5.56 Å². The van der Waals surface area contributed by atoms with Crippen molar-refractivity contribution < 1.29 is 17.4 Å². The van der Waals surface area contributed by atoms with Crippen LogP contribution < -0.4 is 9.50 Å². The number of thioether (sulfide) groups is 1. The van der Waals surface area contributed by atoms with Crippen molar-refractivity contribution >= 4 is 71.0 Å². The van der Waals surface area contributed by atoms with Crippen LogP contribution in [0.2, 0.25) is 0 Å². The quantitative estimate of drug-likeness (QED) is 0.308. The molecule has 0 bridgehead atoms. The van der Waals surface area contributed by atoms with E-state index in [2.05, 4.69) is 47.4 Å². The summed E-state index contributed by atoms with van der Waals surface area (Å²) in [7, 11) is -4.10. The van der Waals surface area contributed by atoms with Crippen molar-refractivity contribution in [3.8, 4) is 5.75 Å². The van der Waals surface area contributed by atoms with Gasteiger partial charge in [0.2, 0.25) is 5.91 Å². The highest BCUT2D eigenvalue weighted by Gasteiger charge is 2.28. The van der Waals surface area contributed by atoms with Crippen molar-refractivity contribution in [2.24, 2.45) is 10.2 Å². The van der Waals surface area contributed by atoms with E-state index < -0.39 is 10.1 Å². The van der Waals surface area contributed by atoms with Gasteiger partial charge in [-0.3, -0.25) is 4.79 Å². The molecule has 158 valence electrons. The molecule has 1 aliphatic rings. The molecule has 3 rings (SSSR count). The third kappa shape index (κ3) is 5.51. The minimum absolute atomic E-state index is 0.00347. The molecule has 0 unspecified atom stereocenters. The molecule has 7 nitrogen and oxygen atoms in total. The van der Waals surface area contributed by atoms with Crippen molar-refractivity contribution in [1.82, 2.24) is 5.32 Å². The predicted octanol–water partition coefficient (Wildman–Crippen LogP) is 4.62. The molecule has 30 heavy (non-hydrogen) atoms. The van der Waals surface area contributed by atoms with Crippen LogP contribution in [-0.2, 0) is 14.9 Å². The summed E-state index contributed by atoms with van der Waals surface area (Å²) in [6.07, 6.45) is 2.09. The molecule has 0 aliphatic carbocycles. The molecule has 1 amide bonds. The number of rotatable bonds is 6. The van der Waals surface area contributed by atoms with Crippen LogP contribution in [-0.4, -0.2) is 31.0 Å². The van der Waals surface area contributed by atoms with E-state index in [9.17, 15) is 13.2 Å². The Bertz CT molecular complexity index is 1150. The normalized spacial score (nSPS) is 18.2. The van der Waals surface area contributed by atoms with Crippen LogP contribution >= 0.6 is 43.6 Å². The first-order chi connectivity index (χ1) is 14.2. The number of benzene rings is 2. The summed E-state index contributed by atoms with van der Waals surface area (Å²) < 4.78 is 32.0. The summed E-state index contributed by atoms with van der Waals surface area (Å²) in [4.78, 5) is 11.7. The standard InChI is InChI=1S/C19H17Br2N3O4S2/c1-3-16-18(25)23-19(29-16)24-22-10-12-8-11(2)4-7-15(12)28-30(26,27)17-9-13(20)5-6-14(17)21/h4-10,16H,3H2,1-2H3,(H,23,24,25)/b22-10-/t16-/m1/s1. The number of carbonyl (C=O) groups excluding carboxylic acids is 1. The van der Waals surface area contributed by atoms with Crippen LogP contribution in [0.4, 0.5) is 0 Å². The Hall–Kier alpha value is -1.69. The largest absolute Gasteiger partial charge is 0.378 e. The number of hydrogen-bond acceptors (Lipinski definition) is 7. The monoisotopic (exact) mass is 573 g/mol. The third-order valence-electron chi connectivity index (χ3n) is 4.02. The van der Waals surface area contributed by atoms with Gasteiger partial charge in [0.15, 0.2) is 10.9 Å². The fourth-order valence-electron chi connectivity index (χ4n) is 2.54. The first-order valence-corrected chi connectivity index (χ1v) is 12.7. The van der Waals surface area contributed by atoms with E-state index >= 15 is 0 Å². The average Bonchev–Trinajstić information content (AvgIpc) is 3.05. The second kappa shape index (κ2) is 9.63. The van der Waals surface area contributed by atoms with Gasteiger partial charge in [0.05, 0.1) is 11.5 Å². The zero-order valence-corrected chi connectivity index (χ0v) is 20.7. The van der Waals surface area contributed by atoms with Gasteiger partial charge >= 0.3 is 10.1 Å². The smallest absolute Gasteiger partial charge is 0.340 e. The highest BCUT2D eigenvalue weighted by atomic mass is 79.9. The van der Waals surface area contributed by atoms with Gasteiger partial charge in [-0.2, -0.15) is 13.5 Å². The molecular formula is C19H17Br2N3O4S2. The maximum atomic E-state index is 12.8. The number of nitrogens with zero attached hydrogens (tertiary/aromatic N) is 2. The number of amides is 1. The van der Waals surface area contributed by atoms with Crippen LogP contribution in [0.1, 0.15) is 24.5 Å².